The van der Waals surface area contributed by atoms with E-state index in [2.05, 4.69) is 15.1 Å². The first kappa shape index (κ1) is 18.3. The number of hydrogen-bond acceptors (Lipinski definition) is 5. The molecule has 1 aliphatic rings. The van der Waals surface area contributed by atoms with E-state index in [1.54, 1.807) is 0 Å². The molecule has 0 radical (unpaired) electrons. The number of piperazine rings is 1. The average Bonchev–Trinajstić information content (AvgIpc) is 2.55. The van der Waals surface area contributed by atoms with Crippen molar-refractivity contribution in [3.63, 3.8) is 0 Å². The Morgan fingerprint density at radius 1 is 1.08 bits per heavy atom. The highest BCUT2D eigenvalue weighted by Crippen LogP contribution is 2.21. The van der Waals surface area contributed by atoms with Crippen LogP contribution in [0.25, 0.3) is 0 Å². The molecule has 1 N–H and O–H groups in total. The van der Waals surface area contributed by atoms with Gasteiger partial charge in [0.15, 0.2) is 0 Å². The van der Waals surface area contributed by atoms with Gasteiger partial charge in [0.25, 0.3) is 0 Å². The zero-order chi connectivity index (χ0) is 17.7. The summed E-state index contributed by atoms with van der Waals surface area (Å²) in [6.07, 6.45) is 0. The molecule has 0 spiro atoms. The number of nitrogens with one attached hydrogen (secondary N) is 1. The van der Waals surface area contributed by atoms with Gasteiger partial charge in [-0.1, -0.05) is 20.8 Å². The van der Waals surface area contributed by atoms with Crippen molar-refractivity contribution in [3.05, 3.63) is 24.3 Å². The topological polar surface area (TPSA) is 61.9 Å². The number of carbonyl (C=O) groups is 2. The van der Waals surface area contributed by atoms with Gasteiger partial charge in [0.05, 0.1) is 13.7 Å². The molecule has 0 aromatic heterocycles. The van der Waals surface area contributed by atoms with Gasteiger partial charge in [0.2, 0.25) is 5.91 Å². The van der Waals surface area contributed by atoms with Crippen LogP contribution in [0.5, 0.6) is 0 Å². The lowest BCUT2D eigenvalue weighted by molar-refractivity contribution is -0.142. The maximum absolute atomic E-state index is 12.0. The molecule has 1 amide bonds. The molecule has 1 saturated heterocycles. The number of carbonyl (C=O) groups excluding carboxylic acids is 2. The summed E-state index contributed by atoms with van der Waals surface area (Å²) in [5.74, 6) is -0.186. The Morgan fingerprint density at radius 2 is 1.67 bits per heavy atom. The van der Waals surface area contributed by atoms with Gasteiger partial charge in [-0.15, -0.1) is 0 Å². The van der Waals surface area contributed by atoms with E-state index in [9.17, 15) is 9.59 Å². The first-order valence-electron chi connectivity index (χ1n) is 8.25. The number of amides is 1. The number of rotatable bonds is 4. The van der Waals surface area contributed by atoms with Crippen LogP contribution in [-0.4, -0.2) is 56.6 Å². The standard InChI is InChI=1S/C18H27N3O3/c1-18(2,3)17(23)19-14-5-7-15(8-6-14)21-11-9-20(10-12-21)13-16(22)24-4/h5-8H,9-13H2,1-4H3,(H,19,23). The van der Waals surface area contributed by atoms with E-state index in [-0.39, 0.29) is 11.9 Å². The Morgan fingerprint density at radius 3 is 2.17 bits per heavy atom. The maximum Gasteiger partial charge on any atom is 0.319 e. The summed E-state index contributed by atoms with van der Waals surface area (Å²) in [5.41, 5.74) is 1.53. The maximum atomic E-state index is 12.0. The van der Waals surface area contributed by atoms with Crippen LogP contribution in [0.1, 0.15) is 20.8 Å². The largest absolute Gasteiger partial charge is 0.468 e. The number of esters is 1. The lowest BCUT2D eigenvalue weighted by Gasteiger charge is -2.35. The molecule has 6 heteroatoms. The molecule has 1 aromatic carbocycles. The summed E-state index contributed by atoms with van der Waals surface area (Å²) in [6.45, 7) is 9.42. The Balaban J connectivity index is 1.88. The molecule has 132 valence electrons. The number of nitrogens with zero attached hydrogens (tertiary/aromatic N) is 2. The first-order valence-corrected chi connectivity index (χ1v) is 8.25. The fourth-order valence-electron chi connectivity index (χ4n) is 2.49. The molecule has 0 saturated carbocycles. The number of hydrogen-bond donors (Lipinski definition) is 1. The third kappa shape index (κ3) is 4.96. The zero-order valence-electron chi connectivity index (χ0n) is 15.0. The second-order valence-corrected chi connectivity index (χ2v) is 7.09. The highest BCUT2D eigenvalue weighted by molar-refractivity contribution is 5.94. The molecule has 1 aromatic rings. The van der Waals surface area contributed by atoms with Crippen molar-refractivity contribution in [1.29, 1.82) is 0 Å². The van der Waals surface area contributed by atoms with Gasteiger partial charge < -0.3 is 15.0 Å². The fraction of sp³-hybridized carbons (Fsp3) is 0.556. The van der Waals surface area contributed by atoms with E-state index in [0.717, 1.165) is 37.6 Å². The number of ether oxygens (including phenoxy) is 1. The van der Waals surface area contributed by atoms with Crippen molar-refractivity contribution in [2.45, 2.75) is 20.8 Å². The summed E-state index contributed by atoms with van der Waals surface area (Å²) in [4.78, 5) is 27.7. The third-order valence-corrected chi connectivity index (χ3v) is 4.12. The molecule has 0 atom stereocenters. The second kappa shape index (κ2) is 7.66. The Kier molecular flexibility index (Phi) is 5.83. The summed E-state index contributed by atoms with van der Waals surface area (Å²) in [7, 11) is 1.42. The van der Waals surface area contributed by atoms with Crippen molar-refractivity contribution in [2.24, 2.45) is 5.41 Å². The molecule has 24 heavy (non-hydrogen) atoms. The molecular weight excluding hydrogens is 306 g/mol. The van der Waals surface area contributed by atoms with Crippen LogP contribution < -0.4 is 10.2 Å². The van der Waals surface area contributed by atoms with Crippen LogP contribution in [0.3, 0.4) is 0 Å². The Hall–Kier alpha value is -2.08. The van der Waals surface area contributed by atoms with Crippen molar-refractivity contribution >= 4 is 23.3 Å². The number of benzene rings is 1. The smallest absolute Gasteiger partial charge is 0.319 e. The van der Waals surface area contributed by atoms with Gasteiger partial charge in [-0.2, -0.15) is 0 Å². The zero-order valence-corrected chi connectivity index (χ0v) is 15.0. The number of methoxy groups -OCH3 is 1. The lowest BCUT2D eigenvalue weighted by Crippen LogP contribution is -2.48. The minimum absolute atomic E-state index is 0.00618. The van der Waals surface area contributed by atoms with Crippen LogP contribution in [0.15, 0.2) is 24.3 Å². The lowest BCUT2D eigenvalue weighted by atomic mass is 9.95. The normalized spacial score (nSPS) is 15.9. The van der Waals surface area contributed by atoms with Gasteiger partial charge >= 0.3 is 5.97 Å². The van der Waals surface area contributed by atoms with E-state index in [1.165, 1.54) is 7.11 Å². The molecule has 6 nitrogen and oxygen atoms in total. The molecule has 1 heterocycles. The van der Waals surface area contributed by atoms with Gasteiger partial charge in [-0.25, -0.2) is 0 Å². The van der Waals surface area contributed by atoms with E-state index >= 15 is 0 Å². The average molecular weight is 333 g/mol. The Labute approximate surface area is 143 Å². The van der Waals surface area contributed by atoms with Gasteiger partial charge in [-0.3, -0.25) is 14.5 Å². The molecule has 1 fully saturated rings. The SMILES string of the molecule is COC(=O)CN1CCN(c2ccc(NC(=O)C(C)(C)C)cc2)CC1. The second-order valence-electron chi connectivity index (χ2n) is 7.09. The van der Waals surface area contributed by atoms with Crippen LogP contribution >= 0.6 is 0 Å². The quantitative estimate of drug-likeness (QED) is 0.854. The van der Waals surface area contributed by atoms with Crippen LogP contribution in [-0.2, 0) is 14.3 Å². The first-order chi connectivity index (χ1) is 11.3. The van der Waals surface area contributed by atoms with Crippen molar-refractivity contribution in [3.8, 4) is 0 Å². The van der Waals surface area contributed by atoms with Crippen molar-refractivity contribution in [1.82, 2.24) is 4.90 Å². The molecule has 0 aliphatic carbocycles. The molecule has 0 unspecified atom stereocenters. The molecule has 2 rings (SSSR count). The van der Waals surface area contributed by atoms with E-state index in [4.69, 9.17) is 4.74 Å². The minimum atomic E-state index is -0.408. The molecule has 1 aliphatic heterocycles. The highest BCUT2D eigenvalue weighted by atomic mass is 16.5. The predicted molar refractivity (Wildman–Crippen MR) is 95.2 cm³/mol. The summed E-state index contributed by atoms with van der Waals surface area (Å²) >= 11 is 0. The van der Waals surface area contributed by atoms with Gasteiger partial charge in [0, 0.05) is 43.0 Å². The van der Waals surface area contributed by atoms with Crippen LogP contribution in [0, 0.1) is 5.41 Å². The monoisotopic (exact) mass is 333 g/mol. The van der Waals surface area contributed by atoms with E-state index in [0.29, 0.717) is 6.54 Å². The van der Waals surface area contributed by atoms with Gasteiger partial charge in [0.1, 0.15) is 0 Å². The van der Waals surface area contributed by atoms with Crippen molar-refractivity contribution < 1.29 is 14.3 Å². The van der Waals surface area contributed by atoms with Crippen LogP contribution in [0.4, 0.5) is 11.4 Å². The molecule has 0 bridgehead atoms. The summed E-state index contributed by atoms with van der Waals surface area (Å²) in [6, 6.07) is 7.90. The number of anilines is 2. The summed E-state index contributed by atoms with van der Waals surface area (Å²) in [5, 5.41) is 2.93. The fourth-order valence-corrected chi connectivity index (χ4v) is 2.49. The van der Waals surface area contributed by atoms with Gasteiger partial charge in [-0.05, 0) is 24.3 Å². The van der Waals surface area contributed by atoms with E-state index < -0.39 is 5.41 Å². The predicted octanol–water partition coefficient (Wildman–Crippen LogP) is 1.97. The van der Waals surface area contributed by atoms with Crippen molar-refractivity contribution in [2.75, 3.05) is 50.1 Å². The highest BCUT2D eigenvalue weighted by Gasteiger charge is 2.22. The van der Waals surface area contributed by atoms with E-state index in [1.807, 2.05) is 45.0 Å². The molecular formula is C18H27N3O3. The summed E-state index contributed by atoms with van der Waals surface area (Å²) < 4.78 is 4.70. The Bertz CT molecular complexity index is 570. The minimum Gasteiger partial charge on any atom is -0.468 e. The third-order valence-electron chi connectivity index (χ3n) is 4.12. The van der Waals surface area contributed by atoms with Crippen LogP contribution in [0.2, 0.25) is 0 Å².